The highest BCUT2D eigenvalue weighted by Gasteiger charge is 2.35. The van der Waals surface area contributed by atoms with Crippen molar-refractivity contribution in [2.75, 3.05) is 0 Å². The van der Waals surface area contributed by atoms with Crippen LogP contribution in [0.15, 0.2) is 42.5 Å². The third kappa shape index (κ3) is 3.13. The number of hydrogen-bond donors (Lipinski definition) is 0. The van der Waals surface area contributed by atoms with E-state index in [0.29, 0.717) is 5.39 Å². The normalized spacial score (nSPS) is 11.5. The number of rotatable bonds is 4. The largest absolute Gasteiger partial charge is 0.805 e. The summed E-state index contributed by atoms with van der Waals surface area (Å²) >= 11 is 0. The molecule has 0 saturated carbocycles. The van der Waals surface area contributed by atoms with Crippen LogP contribution < -0.4 is 9.05 Å². The lowest BCUT2D eigenvalue weighted by molar-refractivity contribution is 0.336. The molecule has 0 aromatic heterocycles. The van der Waals surface area contributed by atoms with Gasteiger partial charge in [0.25, 0.3) is 5.75 Å². The number of benzene rings is 3. The van der Waals surface area contributed by atoms with E-state index < -0.39 is 43.1 Å². The zero-order valence-electron chi connectivity index (χ0n) is 12.1. The summed E-state index contributed by atoms with van der Waals surface area (Å²) < 4.78 is 87.4. The standard InChI is InChI=1S/C16H7F5O3P/c17-11-12(18)14(20)16(15(21)13(11)19)24-25(22)23-10-7-3-5-8-4-1-2-6-9(8)10/h1-7H/q+1. The second-order valence-corrected chi connectivity index (χ2v) is 5.59. The van der Waals surface area contributed by atoms with Crippen LogP contribution in [0.1, 0.15) is 0 Å². The Balaban J connectivity index is 1.91. The van der Waals surface area contributed by atoms with Gasteiger partial charge in [-0.1, -0.05) is 36.4 Å². The number of fused-ring (bicyclic) bond motifs is 1. The highest BCUT2D eigenvalue weighted by molar-refractivity contribution is 7.34. The van der Waals surface area contributed by atoms with Crippen LogP contribution in [0.2, 0.25) is 0 Å². The third-order valence-corrected chi connectivity index (χ3v) is 3.94. The maximum absolute atomic E-state index is 13.5. The summed E-state index contributed by atoms with van der Waals surface area (Å²) in [6, 6.07) is 11.5. The van der Waals surface area contributed by atoms with Gasteiger partial charge in [0.15, 0.2) is 5.75 Å². The van der Waals surface area contributed by atoms with E-state index >= 15 is 0 Å². The first kappa shape index (κ1) is 17.1. The van der Waals surface area contributed by atoms with Gasteiger partial charge in [-0.3, -0.25) is 0 Å². The maximum Gasteiger partial charge on any atom is 0.805 e. The molecule has 25 heavy (non-hydrogen) atoms. The Morgan fingerprint density at radius 1 is 0.680 bits per heavy atom. The van der Waals surface area contributed by atoms with E-state index in [1.807, 2.05) is 0 Å². The van der Waals surface area contributed by atoms with E-state index in [1.165, 1.54) is 6.07 Å². The molecule has 3 aromatic rings. The molecular formula is C16H7F5O3P+. The molecule has 0 radical (unpaired) electrons. The van der Waals surface area contributed by atoms with Crippen LogP contribution in [-0.4, -0.2) is 0 Å². The van der Waals surface area contributed by atoms with Crippen molar-refractivity contribution in [1.29, 1.82) is 0 Å². The SMILES string of the molecule is O=[P+](Oc1c(F)c(F)c(F)c(F)c1F)Oc1cccc2ccccc12. The van der Waals surface area contributed by atoms with Gasteiger partial charge < -0.3 is 0 Å². The minimum atomic E-state index is -3.26. The van der Waals surface area contributed by atoms with Crippen molar-refractivity contribution >= 4 is 19.0 Å². The molecule has 9 heteroatoms. The lowest BCUT2D eigenvalue weighted by Gasteiger charge is -2.03. The number of hydrogen-bond acceptors (Lipinski definition) is 3. The second-order valence-electron chi connectivity index (χ2n) is 4.78. The molecule has 0 aliphatic heterocycles. The van der Waals surface area contributed by atoms with Gasteiger partial charge >= 0.3 is 8.25 Å². The number of halogens is 5. The van der Waals surface area contributed by atoms with E-state index in [-0.39, 0.29) is 5.75 Å². The molecule has 0 bridgehead atoms. The summed E-state index contributed by atoms with van der Waals surface area (Å²) in [5, 5.41) is 1.24. The van der Waals surface area contributed by atoms with Crippen LogP contribution in [0.25, 0.3) is 10.8 Å². The van der Waals surface area contributed by atoms with Crippen LogP contribution in [0, 0.1) is 29.1 Å². The summed E-state index contributed by atoms with van der Waals surface area (Å²) in [4.78, 5) is 0. The topological polar surface area (TPSA) is 35.5 Å². The van der Waals surface area contributed by atoms with Crippen LogP contribution in [0.4, 0.5) is 22.0 Å². The van der Waals surface area contributed by atoms with Crippen molar-refractivity contribution in [3.8, 4) is 11.5 Å². The van der Waals surface area contributed by atoms with Gasteiger partial charge in [-0.15, -0.1) is 0 Å². The fourth-order valence-electron chi connectivity index (χ4n) is 2.11. The Labute approximate surface area is 138 Å². The molecule has 128 valence electrons. The van der Waals surface area contributed by atoms with Crippen molar-refractivity contribution < 1.29 is 35.6 Å². The predicted molar refractivity (Wildman–Crippen MR) is 79.0 cm³/mol. The van der Waals surface area contributed by atoms with Crippen LogP contribution >= 0.6 is 8.25 Å². The molecular weight excluding hydrogens is 366 g/mol. The Kier molecular flexibility index (Phi) is 4.55. The van der Waals surface area contributed by atoms with Crippen molar-refractivity contribution in [1.82, 2.24) is 0 Å². The van der Waals surface area contributed by atoms with E-state index in [0.717, 1.165) is 5.39 Å². The lowest BCUT2D eigenvalue weighted by Crippen LogP contribution is -2.04. The smallest absolute Gasteiger partial charge is 0.222 e. The molecule has 0 aliphatic rings. The first-order chi connectivity index (χ1) is 11.9. The highest BCUT2D eigenvalue weighted by atomic mass is 31.1. The Bertz CT molecular complexity index is 959. The van der Waals surface area contributed by atoms with Gasteiger partial charge in [0, 0.05) is 9.95 Å². The Hall–Kier alpha value is -2.73. The van der Waals surface area contributed by atoms with Crippen molar-refractivity contribution in [2.45, 2.75) is 0 Å². The van der Waals surface area contributed by atoms with Crippen LogP contribution in [-0.2, 0) is 4.57 Å². The Morgan fingerprint density at radius 2 is 1.24 bits per heavy atom. The van der Waals surface area contributed by atoms with E-state index in [9.17, 15) is 26.5 Å². The molecule has 0 N–H and O–H groups in total. The van der Waals surface area contributed by atoms with Gasteiger partial charge in [-0.25, -0.2) is 22.2 Å². The van der Waals surface area contributed by atoms with Crippen molar-refractivity contribution in [3.63, 3.8) is 0 Å². The van der Waals surface area contributed by atoms with Gasteiger partial charge in [0.2, 0.25) is 29.1 Å². The molecule has 1 atom stereocenters. The fraction of sp³-hybridized carbons (Fsp3) is 0. The summed E-state index contributed by atoms with van der Waals surface area (Å²) in [7, 11) is -3.26. The second kappa shape index (κ2) is 6.64. The first-order valence-corrected chi connectivity index (χ1v) is 7.82. The lowest BCUT2D eigenvalue weighted by atomic mass is 10.1. The predicted octanol–water partition coefficient (Wildman–Crippen LogP) is 5.65. The van der Waals surface area contributed by atoms with Crippen molar-refractivity contribution in [2.24, 2.45) is 0 Å². The van der Waals surface area contributed by atoms with Crippen LogP contribution in [0.3, 0.4) is 0 Å². The van der Waals surface area contributed by atoms with E-state index in [2.05, 4.69) is 4.52 Å². The molecule has 1 unspecified atom stereocenters. The van der Waals surface area contributed by atoms with Crippen LogP contribution in [0.5, 0.6) is 11.5 Å². The molecule has 3 nitrogen and oxygen atoms in total. The molecule has 0 heterocycles. The average molecular weight is 373 g/mol. The molecule has 0 saturated heterocycles. The molecule has 0 fully saturated rings. The Morgan fingerprint density at radius 3 is 1.92 bits per heavy atom. The van der Waals surface area contributed by atoms with Gasteiger partial charge in [-0.2, -0.15) is 8.78 Å². The molecule has 3 rings (SSSR count). The third-order valence-electron chi connectivity index (χ3n) is 3.26. The first-order valence-electron chi connectivity index (χ1n) is 6.72. The van der Waals surface area contributed by atoms with E-state index in [1.54, 1.807) is 36.4 Å². The monoisotopic (exact) mass is 373 g/mol. The summed E-state index contributed by atoms with van der Waals surface area (Å²) in [5.41, 5.74) is 0. The molecule has 0 amide bonds. The van der Waals surface area contributed by atoms with Gasteiger partial charge in [0.05, 0.1) is 0 Å². The minimum Gasteiger partial charge on any atom is -0.222 e. The van der Waals surface area contributed by atoms with Crippen molar-refractivity contribution in [3.05, 3.63) is 71.6 Å². The summed E-state index contributed by atoms with van der Waals surface area (Å²) in [6.07, 6.45) is 0. The molecule has 3 aromatic carbocycles. The molecule has 0 aliphatic carbocycles. The quantitative estimate of drug-likeness (QED) is 0.257. The zero-order chi connectivity index (χ0) is 18.1. The van der Waals surface area contributed by atoms with Gasteiger partial charge in [-0.05, 0) is 11.5 Å². The average Bonchev–Trinajstić information content (AvgIpc) is 2.62. The summed E-state index contributed by atoms with van der Waals surface area (Å²) in [6.45, 7) is 0. The minimum absolute atomic E-state index is 0.0584. The van der Waals surface area contributed by atoms with Gasteiger partial charge in [0.1, 0.15) is 0 Å². The molecule has 0 spiro atoms. The zero-order valence-corrected chi connectivity index (χ0v) is 13.0. The van der Waals surface area contributed by atoms with E-state index in [4.69, 9.17) is 4.52 Å². The highest BCUT2D eigenvalue weighted by Crippen LogP contribution is 2.38. The maximum atomic E-state index is 13.5. The fourth-order valence-corrected chi connectivity index (χ4v) is 2.78. The summed E-state index contributed by atoms with van der Waals surface area (Å²) in [5.74, 6) is -12.8.